The first-order chi connectivity index (χ1) is 12.7. The average molecular weight is 390 g/mol. The first-order valence-corrected chi connectivity index (χ1v) is 8.63. The zero-order chi connectivity index (χ0) is 19.9. The Kier molecular flexibility index (Phi) is 7.16. The van der Waals surface area contributed by atoms with E-state index in [4.69, 9.17) is 4.74 Å². The summed E-state index contributed by atoms with van der Waals surface area (Å²) in [5.41, 5.74) is -0.827. The Morgan fingerprint density at radius 3 is 2.11 bits per heavy atom. The van der Waals surface area contributed by atoms with E-state index in [0.29, 0.717) is 24.8 Å². The van der Waals surface area contributed by atoms with Crippen molar-refractivity contribution in [2.24, 2.45) is 0 Å². The number of halogens is 6. The monoisotopic (exact) mass is 390 g/mol. The van der Waals surface area contributed by atoms with E-state index in [1.165, 1.54) is 24.3 Å². The van der Waals surface area contributed by atoms with E-state index in [0.717, 1.165) is 31.0 Å². The fourth-order valence-corrected chi connectivity index (χ4v) is 2.70. The maximum atomic E-state index is 12.8. The van der Waals surface area contributed by atoms with Crippen molar-refractivity contribution >= 4 is 0 Å². The van der Waals surface area contributed by atoms with Crippen LogP contribution < -0.4 is 4.74 Å². The van der Waals surface area contributed by atoms with Crippen molar-refractivity contribution in [3.8, 4) is 5.75 Å². The van der Waals surface area contributed by atoms with Crippen molar-refractivity contribution in [3.63, 3.8) is 0 Å². The third kappa shape index (κ3) is 6.81. The molecule has 0 radical (unpaired) electrons. The molecule has 0 N–H and O–H groups in total. The molecule has 0 unspecified atom stereocenters. The van der Waals surface area contributed by atoms with Crippen LogP contribution in [-0.4, -0.2) is 6.61 Å². The molecule has 2 aromatic rings. The van der Waals surface area contributed by atoms with Gasteiger partial charge in [-0.15, -0.1) is 0 Å². The molecule has 1 nitrogen and oxygen atoms in total. The number of hydrogen-bond acceptors (Lipinski definition) is 1. The molecular formula is C20H20F6O. The molecule has 0 aromatic heterocycles. The molecule has 0 aliphatic carbocycles. The van der Waals surface area contributed by atoms with Gasteiger partial charge in [-0.05, 0) is 43.0 Å². The molecular weight excluding hydrogens is 370 g/mol. The molecule has 0 saturated heterocycles. The maximum absolute atomic E-state index is 12.8. The van der Waals surface area contributed by atoms with Crippen LogP contribution in [0, 0.1) is 0 Å². The van der Waals surface area contributed by atoms with Gasteiger partial charge in [-0.25, -0.2) is 0 Å². The minimum atomic E-state index is -4.46. The topological polar surface area (TPSA) is 9.23 Å². The third-order valence-electron chi connectivity index (χ3n) is 4.06. The highest BCUT2D eigenvalue weighted by Crippen LogP contribution is 2.36. The summed E-state index contributed by atoms with van der Waals surface area (Å²) in [4.78, 5) is 0. The zero-order valence-corrected chi connectivity index (χ0v) is 14.5. The Labute approximate surface area is 154 Å². The number of aryl methyl sites for hydroxylation is 1. The summed E-state index contributed by atoms with van der Waals surface area (Å²) in [6.07, 6.45) is -5.49. The van der Waals surface area contributed by atoms with E-state index in [9.17, 15) is 26.3 Å². The second-order valence-electron chi connectivity index (χ2n) is 6.20. The first-order valence-electron chi connectivity index (χ1n) is 8.63. The number of ether oxygens (including phenoxy) is 1. The van der Waals surface area contributed by atoms with Gasteiger partial charge in [0.25, 0.3) is 0 Å². The van der Waals surface area contributed by atoms with Gasteiger partial charge in [0.1, 0.15) is 5.75 Å². The maximum Gasteiger partial charge on any atom is 0.419 e. The molecule has 0 bridgehead atoms. The van der Waals surface area contributed by atoms with Crippen LogP contribution in [0.4, 0.5) is 26.3 Å². The molecule has 27 heavy (non-hydrogen) atoms. The number of rotatable bonds is 8. The van der Waals surface area contributed by atoms with Gasteiger partial charge in [-0.2, -0.15) is 26.3 Å². The fourth-order valence-electron chi connectivity index (χ4n) is 2.70. The van der Waals surface area contributed by atoms with Crippen LogP contribution in [0.3, 0.4) is 0 Å². The Hall–Kier alpha value is -2.18. The van der Waals surface area contributed by atoms with Gasteiger partial charge in [0.05, 0.1) is 17.7 Å². The van der Waals surface area contributed by atoms with Crippen molar-refractivity contribution < 1.29 is 31.1 Å². The highest BCUT2D eigenvalue weighted by molar-refractivity contribution is 5.35. The van der Waals surface area contributed by atoms with E-state index in [-0.39, 0.29) is 12.4 Å². The van der Waals surface area contributed by atoms with Crippen LogP contribution in [0.2, 0.25) is 0 Å². The number of unbranched alkanes of at least 4 members (excludes halogenated alkanes) is 3. The van der Waals surface area contributed by atoms with E-state index < -0.39 is 23.5 Å². The molecule has 0 saturated carbocycles. The smallest absolute Gasteiger partial charge is 0.419 e. The van der Waals surface area contributed by atoms with Gasteiger partial charge < -0.3 is 4.74 Å². The summed E-state index contributed by atoms with van der Waals surface area (Å²) in [5, 5.41) is 0. The lowest BCUT2D eigenvalue weighted by molar-refractivity contribution is -0.139. The highest BCUT2D eigenvalue weighted by atomic mass is 19.4. The number of alkyl halides is 6. The predicted molar refractivity (Wildman–Crippen MR) is 90.6 cm³/mol. The Balaban J connectivity index is 1.69. The van der Waals surface area contributed by atoms with Gasteiger partial charge in [-0.1, -0.05) is 43.2 Å². The van der Waals surface area contributed by atoms with Gasteiger partial charge in [0, 0.05) is 0 Å². The Morgan fingerprint density at radius 1 is 0.704 bits per heavy atom. The summed E-state index contributed by atoms with van der Waals surface area (Å²) in [6.45, 7) is 0.163. The fraction of sp³-hybridized carbons (Fsp3) is 0.400. The van der Waals surface area contributed by atoms with Crippen molar-refractivity contribution in [2.45, 2.75) is 44.5 Å². The van der Waals surface area contributed by atoms with Crippen molar-refractivity contribution in [2.75, 3.05) is 6.61 Å². The van der Waals surface area contributed by atoms with E-state index in [2.05, 4.69) is 0 Å². The Bertz CT molecular complexity index is 721. The van der Waals surface area contributed by atoms with Gasteiger partial charge in [0.15, 0.2) is 0 Å². The molecule has 0 atom stereocenters. The molecule has 0 heterocycles. The molecule has 148 valence electrons. The van der Waals surface area contributed by atoms with Gasteiger partial charge >= 0.3 is 12.4 Å². The number of para-hydroxylation sites is 1. The lowest BCUT2D eigenvalue weighted by Crippen LogP contribution is -2.09. The van der Waals surface area contributed by atoms with Crippen molar-refractivity contribution in [1.82, 2.24) is 0 Å². The second kappa shape index (κ2) is 9.15. The SMILES string of the molecule is FC(F)(F)c1cccc(CCCCCCOc2ccccc2C(F)(F)F)c1. The Morgan fingerprint density at radius 2 is 1.41 bits per heavy atom. The zero-order valence-electron chi connectivity index (χ0n) is 14.5. The first kappa shape index (κ1) is 21.1. The molecule has 0 amide bonds. The van der Waals surface area contributed by atoms with Crippen molar-refractivity contribution in [1.29, 1.82) is 0 Å². The van der Waals surface area contributed by atoms with E-state index in [1.54, 1.807) is 6.07 Å². The molecule has 0 spiro atoms. The quantitative estimate of drug-likeness (QED) is 0.352. The summed E-state index contributed by atoms with van der Waals surface area (Å²) < 4.78 is 81.7. The molecule has 0 fully saturated rings. The lowest BCUT2D eigenvalue weighted by atomic mass is 10.0. The summed E-state index contributed by atoms with van der Waals surface area (Å²) >= 11 is 0. The van der Waals surface area contributed by atoms with Crippen LogP contribution in [0.5, 0.6) is 5.75 Å². The summed E-state index contributed by atoms with van der Waals surface area (Å²) in [7, 11) is 0. The van der Waals surface area contributed by atoms with E-state index in [1.807, 2.05) is 0 Å². The molecule has 0 aliphatic rings. The normalized spacial score (nSPS) is 12.2. The van der Waals surface area contributed by atoms with E-state index >= 15 is 0 Å². The lowest BCUT2D eigenvalue weighted by Gasteiger charge is -2.13. The molecule has 7 heteroatoms. The van der Waals surface area contributed by atoms with Crippen LogP contribution in [-0.2, 0) is 18.8 Å². The summed E-state index contributed by atoms with van der Waals surface area (Å²) in [5.74, 6) is -0.186. The van der Waals surface area contributed by atoms with Crippen LogP contribution >= 0.6 is 0 Å². The third-order valence-corrected chi connectivity index (χ3v) is 4.06. The minimum Gasteiger partial charge on any atom is -0.493 e. The average Bonchev–Trinajstić information content (AvgIpc) is 2.60. The number of benzene rings is 2. The minimum absolute atomic E-state index is 0.163. The second-order valence-corrected chi connectivity index (χ2v) is 6.20. The summed E-state index contributed by atoms with van der Waals surface area (Å²) in [6, 6.07) is 10.3. The van der Waals surface area contributed by atoms with Gasteiger partial charge in [-0.3, -0.25) is 0 Å². The molecule has 2 rings (SSSR count). The number of hydrogen-bond donors (Lipinski definition) is 0. The molecule has 2 aromatic carbocycles. The standard InChI is InChI=1S/C20H20F6O/c21-19(22,23)16-10-7-9-15(14-16)8-3-1-2-6-13-27-18-12-5-4-11-17(18)20(24,25)26/h4-5,7,9-12,14H,1-3,6,8,13H2. The van der Waals surface area contributed by atoms with Crippen molar-refractivity contribution in [3.05, 3.63) is 65.2 Å². The van der Waals surface area contributed by atoms with Crippen LogP contribution in [0.25, 0.3) is 0 Å². The van der Waals surface area contributed by atoms with Crippen LogP contribution in [0.1, 0.15) is 42.4 Å². The van der Waals surface area contributed by atoms with Gasteiger partial charge in [0.2, 0.25) is 0 Å². The highest BCUT2D eigenvalue weighted by Gasteiger charge is 2.34. The van der Waals surface area contributed by atoms with Crippen LogP contribution in [0.15, 0.2) is 48.5 Å². The molecule has 0 aliphatic heterocycles. The predicted octanol–water partition coefficient (Wildman–Crippen LogP) is 6.91. The largest absolute Gasteiger partial charge is 0.493 e.